The maximum absolute atomic E-state index is 12.8. The number of nitrogens with zero attached hydrogens (tertiary/aromatic N) is 7. The maximum atomic E-state index is 12.8. The van der Waals surface area contributed by atoms with Gasteiger partial charge >= 0.3 is 6.01 Å². The van der Waals surface area contributed by atoms with Crippen molar-refractivity contribution < 1.29 is 18.3 Å². The summed E-state index contributed by atoms with van der Waals surface area (Å²) in [5.74, 6) is 0.282. The highest BCUT2D eigenvalue weighted by Crippen LogP contribution is 2.24. The number of hydrogen-bond acceptors (Lipinski definition) is 9. The zero-order chi connectivity index (χ0) is 23.8. The molecule has 0 saturated heterocycles. The van der Waals surface area contributed by atoms with E-state index in [2.05, 4.69) is 42.0 Å². The molecule has 3 heterocycles. The molecule has 0 aliphatic carbocycles. The summed E-state index contributed by atoms with van der Waals surface area (Å²) in [6.45, 7) is 7.24. The Kier molecular flexibility index (Phi) is 7.79. The molecule has 33 heavy (non-hydrogen) atoms. The van der Waals surface area contributed by atoms with Crippen molar-refractivity contribution in [2.24, 2.45) is 10.2 Å². The Morgan fingerprint density at radius 2 is 1.76 bits per heavy atom. The van der Waals surface area contributed by atoms with Crippen molar-refractivity contribution in [2.75, 3.05) is 13.7 Å². The summed E-state index contributed by atoms with van der Waals surface area (Å²) in [5.41, 5.74) is 2.97. The Morgan fingerprint density at radius 1 is 1.00 bits per heavy atom. The van der Waals surface area contributed by atoms with E-state index < -0.39 is 6.43 Å². The van der Waals surface area contributed by atoms with Crippen LogP contribution in [0.1, 0.15) is 31.5 Å². The minimum Gasteiger partial charge on any atom is -0.472 e. The van der Waals surface area contributed by atoms with E-state index >= 15 is 0 Å². The molecule has 0 spiro atoms. The van der Waals surface area contributed by atoms with E-state index in [1.165, 1.54) is 19.2 Å². The average Bonchev–Trinajstić information content (AvgIpc) is 2.83. The van der Waals surface area contributed by atoms with Gasteiger partial charge in [-0.2, -0.15) is 5.11 Å². The number of aromatic nitrogens is 5. The van der Waals surface area contributed by atoms with Gasteiger partial charge in [0.05, 0.1) is 24.2 Å². The van der Waals surface area contributed by atoms with Crippen LogP contribution in [0.2, 0.25) is 0 Å². The van der Waals surface area contributed by atoms with Crippen molar-refractivity contribution in [1.82, 2.24) is 25.1 Å². The highest BCUT2D eigenvalue weighted by molar-refractivity contribution is 5.64. The lowest BCUT2D eigenvalue weighted by atomic mass is 10.1. The van der Waals surface area contributed by atoms with Gasteiger partial charge in [-0.15, -0.1) is 15.3 Å². The van der Waals surface area contributed by atoms with E-state index in [4.69, 9.17) is 9.47 Å². The van der Waals surface area contributed by atoms with Gasteiger partial charge < -0.3 is 9.47 Å². The lowest BCUT2D eigenvalue weighted by molar-refractivity contribution is 0.151. The number of halogens is 2. The lowest BCUT2D eigenvalue weighted by Crippen LogP contribution is -2.04. The van der Waals surface area contributed by atoms with Gasteiger partial charge in [-0.1, -0.05) is 6.58 Å². The maximum Gasteiger partial charge on any atom is 0.316 e. The third-order valence-corrected chi connectivity index (χ3v) is 4.19. The molecule has 170 valence electrons. The van der Waals surface area contributed by atoms with Crippen molar-refractivity contribution in [3.63, 3.8) is 0 Å². The molecule has 0 fully saturated rings. The highest BCUT2D eigenvalue weighted by Gasteiger charge is 2.12. The van der Waals surface area contributed by atoms with Gasteiger partial charge in [-0.05, 0) is 37.6 Å². The Bertz CT molecular complexity index is 1150. The van der Waals surface area contributed by atoms with E-state index in [1.54, 1.807) is 38.4 Å². The van der Waals surface area contributed by atoms with Crippen molar-refractivity contribution >= 4 is 5.70 Å². The standard InChI is InChI=1S/C22H21F2N7O2/c1-13(2)28-31-20(18-6-5-15(9-25-18)21(23)24)14(3)12-33-19-8-7-17(29-30-19)16-10-26-22(32-4)27-11-16/h5-11,21H,1,12H2,2-4H3/b20-14+,31-28?. The van der Waals surface area contributed by atoms with Gasteiger partial charge in [0.25, 0.3) is 6.43 Å². The number of pyridine rings is 1. The summed E-state index contributed by atoms with van der Waals surface area (Å²) in [6.07, 6.45) is 1.66. The van der Waals surface area contributed by atoms with Crippen LogP contribution in [-0.4, -0.2) is 38.9 Å². The molecule has 0 amide bonds. The number of allylic oxidation sites excluding steroid dienone is 1. The summed E-state index contributed by atoms with van der Waals surface area (Å²) in [4.78, 5) is 12.2. The van der Waals surface area contributed by atoms with Crippen LogP contribution in [0.4, 0.5) is 8.78 Å². The van der Waals surface area contributed by atoms with Crippen molar-refractivity contribution in [2.45, 2.75) is 20.3 Å². The molecule has 0 atom stereocenters. The third kappa shape index (κ3) is 6.42. The monoisotopic (exact) mass is 453 g/mol. The molecular weight excluding hydrogens is 432 g/mol. The summed E-state index contributed by atoms with van der Waals surface area (Å²) >= 11 is 0. The van der Waals surface area contributed by atoms with Crippen LogP contribution in [0.25, 0.3) is 17.0 Å². The van der Waals surface area contributed by atoms with E-state index in [1.807, 2.05) is 0 Å². The molecule has 0 saturated carbocycles. The molecule has 3 aromatic rings. The second-order valence-electron chi connectivity index (χ2n) is 6.85. The Balaban J connectivity index is 1.76. The molecule has 0 aromatic carbocycles. The Hall–Kier alpha value is -4.15. The van der Waals surface area contributed by atoms with Gasteiger partial charge in [-0.25, -0.2) is 18.7 Å². The summed E-state index contributed by atoms with van der Waals surface area (Å²) in [5, 5.41) is 16.3. The average molecular weight is 453 g/mol. The van der Waals surface area contributed by atoms with Crippen LogP contribution in [0.5, 0.6) is 11.9 Å². The molecule has 0 unspecified atom stereocenters. The van der Waals surface area contributed by atoms with Crippen LogP contribution in [0.15, 0.2) is 70.9 Å². The molecule has 3 rings (SSSR count). The van der Waals surface area contributed by atoms with Gasteiger partial charge in [0.2, 0.25) is 5.88 Å². The molecule has 0 aliphatic rings. The van der Waals surface area contributed by atoms with E-state index in [0.29, 0.717) is 33.9 Å². The van der Waals surface area contributed by atoms with Gasteiger partial charge in [0.1, 0.15) is 12.3 Å². The van der Waals surface area contributed by atoms with Crippen molar-refractivity contribution in [3.8, 4) is 23.1 Å². The Labute approximate surface area is 189 Å². The minimum atomic E-state index is -2.61. The first-order valence-electron chi connectivity index (χ1n) is 9.71. The fourth-order valence-electron chi connectivity index (χ4n) is 2.52. The lowest BCUT2D eigenvalue weighted by Gasteiger charge is -2.09. The number of rotatable bonds is 9. The first-order chi connectivity index (χ1) is 15.9. The van der Waals surface area contributed by atoms with Crippen LogP contribution in [0, 0.1) is 0 Å². The minimum absolute atomic E-state index is 0.0997. The number of azo groups is 1. The third-order valence-electron chi connectivity index (χ3n) is 4.19. The summed E-state index contributed by atoms with van der Waals surface area (Å²) < 4.78 is 36.3. The van der Waals surface area contributed by atoms with Crippen molar-refractivity contribution in [3.05, 3.63) is 72.0 Å². The number of alkyl halides is 2. The number of methoxy groups -OCH3 is 1. The fraction of sp³-hybridized carbons (Fsp3) is 0.227. The molecule has 0 aliphatic heterocycles. The van der Waals surface area contributed by atoms with Crippen LogP contribution in [-0.2, 0) is 0 Å². The zero-order valence-corrected chi connectivity index (χ0v) is 18.2. The second kappa shape index (κ2) is 10.9. The highest BCUT2D eigenvalue weighted by atomic mass is 19.3. The fourth-order valence-corrected chi connectivity index (χ4v) is 2.52. The molecule has 0 bridgehead atoms. The normalized spacial score (nSPS) is 12.1. The molecule has 11 heteroatoms. The smallest absolute Gasteiger partial charge is 0.316 e. The van der Waals surface area contributed by atoms with Gasteiger partial charge in [-0.3, -0.25) is 4.98 Å². The molecular formula is C22H21F2N7O2. The quantitative estimate of drug-likeness (QED) is 0.416. The topological polar surface area (TPSA) is 108 Å². The zero-order valence-electron chi connectivity index (χ0n) is 18.2. The SMILES string of the molecule is C=C(C)N=N/C(=C(\C)COc1ccc(-c2cnc(OC)nc2)nn1)c1ccc(C(F)F)cn1. The predicted molar refractivity (Wildman–Crippen MR) is 117 cm³/mol. The number of hydrogen-bond donors (Lipinski definition) is 0. The van der Waals surface area contributed by atoms with Crippen LogP contribution in [0.3, 0.4) is 0 Å². The second-order valence-corrected chi connectivity index (χ2v) is 6.85. The largest absolute Gasteiger partial charge is 0.472 e. The van der Waals surface area contributed by atoms with E-state index in [9.17, 15) is 8.78 Å². The van der Waals surface area contributed by atoms with Crippen LogP contribution < -0.4 is 9.47 Å². The summed E-state index contributed by atoms with van der Waals surface area (Å²) in [7, 11) is 1.48. The number of ether oxygens (including phenoxy) is 2. The van der Waals surface area contributed by atoms with E-state index in [-0.39, 0.29) is 24.1 Å². The van der Waals surface area contributed by atoms with Crippen molar-refractivity contribution in [1.29, 1.82) is 0 Å². The van der Waals surface area contributed by atoms with Gasteiger partial charge in [0.15, 0.2) is 0 Å². The molecule has 3 aromatic heterocycles. The molecule has 9 nitrogen and oxygen atoms in total. The first kappa shape index (κ1) is 23.5. The molecule has 0 N–H and O–H groups in total. The van der Waals surface area contributed by atoms with Gasteiger partial charge in [0, 0.05) is 35.8 Å². The Morgan fingerprint density at radius 3 is 2.30 bits per heavy atom. The van der Waals surface area contributed by atoms with E-state index in [0.717, 1.165) is 6.20 Å². The first-order valence-corrected chi connectivity index (χ1v) is 9.71. The summed E-state index contributed by atoms with van der Waals surface area (Å²) in [6, 6.07) is 6.39. The predicted octanol–water partition coefficient (Wildman–Crippen LogP) is 5.07. The molecule has 0 radical (unpaired) electrons. The van der Waals surface area contributed by atoms with Crippen LogP contribution >= 0.6 is 0 Å².